The van der Waals surface area contributed by atoms with E-state index in [2.05, 4.69) is 27.6 Å². The third kappa shape index (κ3) is 6.05. The number of nitrogens with one attached hydrogen (secondary N) is 1. The van der Waals surface area contributed by atoms with Crippen LogP contribution in [0.5, 0.6) is 0 Å². The lowest BCUT2D eigenvalue weighted by atomic mass is 10.2. The van der Waals surface area contributed by atoms with E-state index in [0.717, 1.165) is 35.2 Å². The quantitative estimate of drug-likeness (QED) is 0.364. The average molecular weight is 534 g/mol. The highest BCUT2D eigenvalue weighted by molar-refractivity contribution is 14.0. The summed E-state index contributed by atoms with van der Waals surface area (Å²) in [7, 11) is 1.74. The van der Waals surface area contributed by atoms with Crippen LogP contribution >= 0.6 is 46.9 Å². The molecule has 1 fully saturated rings. The standard InChI is InChI=1S/C19H24ClN5OS.HI/c1-3-17-23-16(13-27-17)10-22-19(21-2)25-9-8-24(18(26)12-25)11-14-4-6-15(20)7-5-14;/h4-7,13H,3,8-12H2,1-2H3,(H,21,22);1H. The van der Waals surface area contributed by atoms with Crippen LogP contribution in [0.25, 0.3) is 0 Å². The van der Waals surface area contributed by atoms with Crippen molar-refractivity contribution in [3.8, 4) is 0 Å². The molecule has 0 atom stereocenters. The molecule has 2 aromatic rings. The minimum Gasteiger partial charge on any atom is -0.351 e. The van der Waals surface area contributed by atoms with Crippen LogP contribution in [0, 0.1) is 0 Å². The van der Waals surface area contributed by atoms with Gasteiger partial charge in [0, 0.05) is 37.1 Å². The van der Waals surface area contributed by atoms with Crippen molar-refractivity contribution in [3.05, 3.63) is 50.9 Å². The zero-order valence-electron chi connectivity index (χ0n) is 16.0. The van der Waals surface area contributed by atoms with Crippen molar-refractivity contribution in [1.82, 2.24) is 20.1 Å². The number of aromatic nitrogens is 1. The van der Waals surface area contributed by atoms with Gasteiger partial charge in [-0.1, -0.05) is 30.7 Å². The Bertz CT molecular complexity index is 811. The summed E-state index contributed by atoms with van der Waals surface area (Å²) in [5.74, 6) is 0.835. The van der Waals surface area contributed by atoms with Crippen LogP contribution in [-0.2, 0) is 24.3 Å². The first kappa shape index (κ1) is 22.9. The number of hydrogen-bond acceptors (Lipinski definition) is 4. The molecule has 0 radical (unpaired) electrons. The van der Waals surface area contributed by atoms with Crippen LogP contribution in [0.1, 0.15) is 23.2 Å². The SMILES string of the molecule is CCc1nc(CNC(=NC)N2CCN(Cc3ccc(Cl)cc3)C(=O)C2)cs1.I. The van der Waals surface area contributed by atoms with Crippen molar-refractivity contribution in [1.29, 1.82) is 0 Å². The van der Waals surface area contributed by atoms with E-state index >= 15 is 0 Å². The highest BCUT2D eigenvalue weighted by Crippen LogP contribution is 2.14. The number of thiazole rings is 1. The molecule has 0 bridgehead atoms. The number of carbonyl (C=O) groups is 1. The van der Waals surface area contributed by atoms with Crippen LogP contribution in [0.4, 0.5) is 0 Å². The van der Waals surface area contributed by atoms with Gasteiger partial charge < -0.3 is 15.1 Å². The molecule has 28 heavy (non-hydrogen) atoms. The van der Waals surface area contributed by atoms with Crippen molar-refractivity contribution in [3.63, 3.8) is 0 Å². The number of aliphatic imine (C=N–C) groups is 1. The molecular formula is C19H25ClIN5OS. The van der Waals surface area contributed by atoms with E-state index in [1.807, 2.05) is 34.1 Å². The summed E-state index contributed by atoms with van der Waals surface area (Å²) in [5.41, 5.74) is 2.09. The summed E-state index contributed by atoms with van der Waals surface area (Å²) in [4.78, 5) is 25.3. The van der Waals surface area contributed by atoms with E-state index in [1.165, 1.54) is 0 Å². The smallest absolute Gasteiger partial charge is 0.242 e. The van der Waals surface area contributed by atoms with Gasteiger partial charge in [0.1, 0.15) is 0 Å². The first-order valence-corrected chi connectivity index (χ1v) is 10.3. The molecular weight excluding hydrogens is 509 g/mol. The molecule has 0 aliphatic carbocycles. The lowest BCUT2D eigenvalue weighted by Gasteiger charge is -2.36. The molecule has 2 heterocycles. The topological polar surface area (TPSA) is 60.8 Å². The number of rotatable bonds is 5. The van der Waals surface area contributed by atoms with Crippen molar-refractivity contribution in [2.24, 2.45) is 4.99 Å². The Morgan fingerprint density at radius 2 is 2.07 bits per heavy atom. The van der Waals surface area contributed by atoms with Crippen LogP contribution in [0.2, 0.25) is 5.02 Å². The van der Waals surface area contributed by atoms with Crippen molar-refractivity contribution < 1.29 is 4.79 Å². The molecule has 152 valence electrons. The molecule has 1 N–H and O–H groups in total. The molecule has 0 saturated carbocycles. The Labute approximate surface area is 192 Å². The fourth-order valence-corrected chi connectivity index (χ4v) is 3.83. The third-order valence-corrected chi connectivity index (χ3v) is 5.74. The number of piperazine rings is 1. The lowest BCUT2D eigenvalue weighted by Crippen LogP contribution is -2.54. The van der Waals surface area contributed by atoms with Gasteiger partial charge in [0.25, 0.3) is 0 Å². The second-order valence-electron chi connectivity index (χ2n) is 6.35. The fourth-order valence-electron chi connectivity index (χ4n) is 2.96. The van der Waals surface area contributed by atoms with Gasteiger partial charge in [-0.05, 0) is 24.1 Å². The predicted octanol–water partition coefficient (Wildman–Crippen LogP) is 3.40. The first-order valence-electron chi connectivity index (χ1n) is 9.00. The summed E-state index contributed by atoms with van der Waals surface area (Å²) in [6, 6.07) is 7.62. The monoisotopic (exact) mass is 533 g/mol. The fraction of sp³-hybridized carbons (Fsp3) is 0.421. The maximum Gasteiger partial charge on any atom is 0.242 e. The van der Waals surface area contributed by atoms with Gasteiger partial charge >= 0.3 is 0 Å². The van der Waals surface area contributed by atoms with E-state index in [0.29, 0.717) is 31.2 Å². The highest BCUT2D eigenvalue weighted by Gasteiger charge is 2.26. The number of amides is 1. The third-order valence-electron chi connectivity index (χ3n) is 4.45. The molecule has 9 heteroatoms. The second kappa shape index (κ2) is 11.0. The predicted molar refractivity (Wildman–Crippen MR) is 126 cm³/mol. The Kier molecular flexibility index (Phi) is 8.97. The second-order valence-corrected chi connectivity index (χ2v) is 7.73. The molecule has 6 nitrogen and oxygen atoms in total. The molecule has 0 unspecified atom stereocenters. The first-order chi connectivity index (χ1) is 13.1. The molecule has 1 saturated heterocycles. The van der Waals surface area contributed by atoms with Gasteiger partial charge in [0.05, 0.1) is 23.8 Å². The average Bonchev–Trinajstić information content (AvgIpc) is 3.14. The maximum absolute atomic E-state index is 12.6. The van der Waals surface area contributed by atoms with Crippen molar-refractivity contribution in [2.75, 3.05) is 26.7 Å². The van der Waals surface area contributed by atoms with Gasteiger partial charge in [0.2, 0.25) is 5.91 Å². The van der Waals surface area contributed by atoms with Crippen LogP contribution < -0.4 is 5.32 Å². The summed E-state index contributed by atoms with van der Waals surface area (Å²) < 4.78 is 0. The number of guanidine groups is 1. The summed E-state index contributed by atoms with van der Waals surface area (Å²) >= 11 is 7.60. The number of aryl methyl sites for hydroxylation is 1. The van der Waals surface area contributed by atoms with E-state index in [9.17, 15) is 4.79 Å². The van der Waals surface area contributed by atoms with Crippen LogP contribution in [-0.4, -0.2) is 53.3 Å². The molecule has 1 aliphatic heterocycles. The van der Waals surface area contributed by atoms with E-state index in [4.69, 9.17) is 11.6 Å². The molecule has 1 aliphatic rings. The minimum absolute atomic E-state index is 0. The van der Waals surface area contributed by atoms with Crippen LogP contribution in [0.15, 0.2) is 34.6 Å². The van der Waals surface area contributed by atoms with Gasteiger partial charge in [-0.2, -0.15) is 0 Å². The van der Waals surface area contributed by atoms with E-state index in [-0.39, 0.29) is 29.9 Å². The van der Waals surface area contributed by atoms with Gasteiger partial charge in [-0.15, -0.1) is 35.3 Å². The van der Waals surface area contributed by atoms with E-state index < -0.39 is 0 Å². The number of benzene rings is 1. The maximum atomic E-state index is 12.6. The number of nitrogens with zero attached hydrogens (tertiary/aromatic N) is 4. The summed E-state index contributed by atoms with van der Waals surface area (Å²) in [5, 5.41) is 7.22. The van der Waals surface area contributed by atoms with Crippen LogP contribution in [0.3, 0.4) is 0 Å². The van der Waals surface area contributed by atoms with E-state index in [1.54, 1.807) is 18.4 Å². The molecule has 1 amide bonds. The zero-order chi connectivity index (χ0) is 19.2. The zero-order valence-corrected chi connectivity index (χ0v) is 19.9. The largest absolute Gasteiger partial charge is 0.351 e. The Hall–Kier alpha value is -1.39. The number of carbonyl (C=O) groups excluding carboxylic acids is 1. The Morgan fingerprint density at radius 3 is 2.68 bits per heavy atom. The lowest BCUT2D eigenvalue weighted by molar-refractivity contribution is -0.135. The minimum atomic E-state index is 0. The molecule has 0 spiro atoms. The number of hydrogen-bond donors (Lipinski definition) is 1. The Morgan fingerprint density at radius 1 is 1.32 bits per heavy atom. The normalized spacial score (nSPS) is 14.8. The van der Waals surface area contributed by atoms with Gasteiger partial charge in [0.15, 0.2) is 5.96 Å². The Balaban J connectivity index is 0.00000280. The summed E-state index contributed by atoms with van der Waals surface area (Å²) in [6.07, 6.45) is 0.948. The highest BCUT2D eigenvalue weighted by atomic mass is 127. The molecule has 1 aromatic heterocycles. The molecule has 1 aromatic carbocycles. The molecule has 3 rings (SSSR count). The number of halogens is 2. The van der Waals surface area contributed by atoms with Crippen molar-refractivity contribution >= 4 is 58.8 Å². The van der Waals surface area contributed by atoms with Gasteiger partial charge in [-0.3, -0.25) is 9.79 Å². The van der Waals surface area contributed by atoms with Gasteiger partial charge in [-0.25, -0.2) is 4.98 Å². The summed E-state index contributed by atoms with van der Waals surface area (Å²) in [6.45, 7) is 5.06. The van der Waals surface area contributed by atoms with Crippen molar-refractivity contribution in [2.45, 2.75) is 26.4 Å².